The molecule has 0 aliphatic heterocycles. The largest absolute Gasteiger partial charge is 0.478 e. The predicted molar refractivity (Wildman–Crippen MR) is 64.9 cm³/mol. The maximum atomic E-state index is 11.1. The van der Waals surface area contributed by atoms with E-state index < -0.39 is 5.97 Å². The first-order valence-corrected chi connectivity index (χ1v) is 5.48. The van der Waals surface area contributed by atoms with Gasteiger partial charge in [-0.3, -0.25) is 0 Å². The summed E-state index contributed by atoms with van der Waals surface area (Å²) in [6.45, 7) is 2.06. The van der Waals surface area contributed by atoms with E-state index in [4.69, 9.17) is 5.11 Å². The van der Waals surface area contributed by atoms with E-state index in [1.807, 2.05) is 30.3 Å². The quantitative estimate of drug-likeness (QED) is 0.849. The van der Waals surface area contributed by atoms with Gasteiger partial charge in [-0.15, -0.1) is 0 Å². The van der Waals surface area contributed by atoms with Crippen LogP contribution in [0, 0.1) is 0 Å². The van der Waals surface area contributed by atoms with Crippen LogP contribution in [0.4, 0.5) is 0 Å². The summed E-state index contributed by atoms with van der Waals surface area (Å²) in [5, 5.41) is 11.3. The van der Waals surface area contributed by atoms with E-state index in [9.17, 15) is 4.79 Å². The van der Waals surface area contributed by atoms with Gasteiger partial charge in [-0.1, -0.05) is 43.7 Å². The molecule has 82 valence electrons. The SMILES string of the molecule is CCCc1c(C(=O)O)ccc2ccccc12. The molecule has 0 spiro atoms. The lowest BCUT2D eigenvalue weighted by molar-refractivity contribution is 0.0696. The van der Waals surface area contributed by atoms with Crippen LogP contribution in [0.3, 0.4) is 0 Å². The summed E-state index contributed by atoms with van der Waals surface area (Å²) in [4.78, 5) is 11.1. The molecule has 2 heteroatoms. The summed E-state index contributed by atoms with van der Waals surface area (Å²) < 4.78 is 0. The Morgan fingerprint density at radius 1 is 1.19 bits per heavy atom. The predicted octanol–water partition coefficient (Wildman–Crippen LogP) is 3.49. The lowest BCUT2D eigenvalue weighted by atomic mass is 9.96. The van der Waals surface area contributed by atoms with Crippen LogP contribution in [0.25, 0.3) is 10.8 Å². The molecule has 0 aromatic heterocycles. The van der Waals surface area contributed by atoms with Crippen molar-refractivity contribution >= 4 is 16.7 Å². The van der Waals surface area contributed by atoms with Crippen molar-refractivity contribution < 1.29 is 9.90 Å². The number of aryl methyl sites for hydroxylation is 1. The second-order valence-electron chi connectivity index (χ2n) is 3.87. The van der Waals surface area contributed by atoms with Gasteiger partial charge in [0.15, 0.2) is 0 Å². The standard InChI is InChI=1S/C14H14O2/c1-2-5-12-11-7-4-3-6-10(11)8-9-13(12)14(15)16/h3-4,6-9H,2,5H2,1H3,(H,15,16). The molecular formula is C14H14O2. The third-order valence-electron chi connectivity index (χ3n) is 2.77. The Balaban J connectivity index is 2.73. The van der Waals surface area contributed by atoms with Gasteiger partial charge in [0.1, 0.15) is 0 Å². The van der Waals surface area contributed by atoms with Gasteiger partial charge < -0.3 is 5.11 Å². The topological polar surface area (TPSA) is 37.3 Å². The van der Waals surface area contributed by atoms with Crippen molar-refractivity contribution in [3.8, 4) is 0 Å². The molecule has 0 radical (unpaired) electrons. The van der Waals surface area contributed by atoms with Crippen LogP contribution in [0.1, 0.15) is 29.3 Å². The van der Waals surface area contributed by atoms with Crippen LogP contribution in [0.15, 0.2) is 36.4 Å². The lowest BCUT2D eigenvalue weighted by Gasteiger charge is -2.09. The molecular weight excluding hydrogens is 200 g/mol. The number of carboxylic acids is 1. The second kappa shape index (κ2) is 4.35. The summed E-state index contributed by atoms with van der Waals surface area (Å²) in [5.41, 5.74) is 1.38. The number of carboxylic acid groups (broad SMARTS) is 1. The van der Waals surface area contributed by atoms with Gasteiger partial charge >= 0.3 is 5.97 Å². The number of hydrogen-bond donors (Lipinski definition) is 1. The first kappa shape index (κ1) is 10.7. The molecule has 2 aromatic rings. The van der Waals surface area contributed by atoms with Gasteiger partial charge in [-0.05, 0) is 28.8 Å². The smallest absolute Gasteiger partial charge is 0.335 e. The zero-order chi connectivity index (χ0) is 11.5. The molecule has 0 saturated carbocycles. The van der Waals surface area contributed by atoms with Gasteiger partial charge in [-0.2, -0.15) is 0 Å². The van der Waals surface area contributed by atoms with E-state index in [-0.39, 0.29) is 0 Å². The molecule has 2 nitrogen and oxygen atoms in total. The van der Waals surface area contributed by atoms with Crippen LogP contribution in [0.5, 0.6) is 0 Å². The number of hydrogen-bond acceptors (Lipinski definition) is 1. The average Bonchev–Trinajstić information content (AvgIpc) is 2.29. The summed E-state index contributed by atoms with van der Waals surface area (Å²) in [7, 11) is 0. The Morgan fingerprint density at radius 3 is 2.62 bits per heavy atom. The van der Waals surface area contributed by atoms with Gasteiger partial charge in [0.2, 0.25) is 0 Å². The van der Waals surface area contributed by atoms with Crippen LogP contribution in [-0.4, -0.2) is 11.1 Å². The van der Waals surface area contributed by atoms with Crippen LogP contribution < -0.4 is 0 Å². The molecule has 0 aliphatic rings. The van der Waals surface area contributed by atoms with Gasteiger partial charge in [-0.25, -0.2) is 4.79 Å². The molecule has 16 heavy (non-hydrogen) atoms. The minimum Gasteiger partial charge on any atom is -0.478 e. The molecule has 0 bridgehead atoms. The number of rotatable bonds is 3. The number of carbonyl (C=O) groups is 1. The van der Waals surface area contributed by atoms with E-state index >= 15 is 0 Å². The van der Waals surface area contributed by atoms with Crippen LogP contribution >= 0.6 is 0 Å². The van der Waals surface area contributed by atoms with Crippen molar-refractivity contribution in [3.05, 3.63) is 47.5 Å². The average molecular weight is 214 g/mol. The number of fused-ring (bicyclic) bond motifs is 1. The highest BCUT2D eigenvalue weighted by Gasteiger charge is 2.11. The molecule has 0 atom stereocenters. The van der Waals surface area contributed by atoms with Crippen molar-refractivity contribution in [2.45, 2.75) is 19.8 Å². The van der Waals surface area contributed by atoms with Crippen molar-refractivity contribution in [3.63, 3.8) is 0 Å². The van der Waals surface area contributed by atoms with Gasteiger partial charge in [0, 0.05) is 0 Å². The molecule has 0 fully saturated rings. The van der Waals surface area contributed by atoms with E-state index in [1.54, 1.807) is 6.07 Å². The third-order valence-corrected chi connectivity index (χ3v) is 2.77. The minimum absolute atomic E-state index is 0.431. The molecule has 2 rings (SSSR count). The Labute approximate surface area is 94.5 Å². The highest BCUT2D eigenvalue weighted by Crippen LogP contribution is 2.23. The zero-order valence-corrected chi connectivity index (χ0v) is 9.23. The zero-order valence-electron chi connectivity index (χ0n) is 9.23. The summed E-state index contributed by atoms with van der Waals surface area (Å²) >= 11 is 0. The Bertz CT molecular complexity index is 529. The Kier molecular flexibility index (Phi) is 2.91. The highest BCUT2D eigenvalue weighted by molar-refractivity contribution is 5.97. The van der Waals surface area contributed by atoms with Crippen molar-refractivity contribution in [1.29, 1.82) is 0 Å². The first-order chi connectivity index (χ1) is 7.74. The fourth-order valence-electron chi connectivity index (χ4n) is 2.06. The van der Waals surface area contributed by atoms with Crippen LogP contribution in [-0.2, 0) is 6.42 Å². The maximum Gasteiger partial charge on any atom is 0.335 e. The lowest BCUT2D eigenvalue weighted by Crippen LogP contribution is -2.03. The van der Waals surface area contributed by atoms with E-state index in [0.29, 0.717) is 5.56 Å². The normalized spacial score (nSPS) is 10.6. The fraction of sp³-hybridized carbons (Fsp3) is 0.214. The first-order valence-electron chi connectivity index (χ1n) is 5.48. The van der Waals surface area contributed by atoms with Crippen molar-refractivity contribution in [2.24, 2.45) is 0 Å². The fourth-order valence-corrected chi connectivity index (χ4v) is 2.06. The summed E-state index contributed by atoms with van der Waals surface area (Å²) in [6.07, 6.45) is 1.76. The number of aromatic carboxylic acids is 1. The minimum atomic E-state index is -0.839. The van der Waals surface area contributed by atoms with E-state index in [2.05, 4.69) is 6.92 Å². The summed E-state index contributed by atoms with van der Waals surface area (Å²) in [6, 6.07) is 11.5. The molecule has 0 amide bonds. The second-order valence-corrected chi connectivity index (χ2v) is 3.87. The molecule has 0 heterocycles. The third kappa shape index (κ3) is 1.78. The Hall–Kier alpha value is -1.83. The van der Waals surface area contributed by atoms with Crippen LogP contribution in [0.2, 0.25) is 0 Å². The summed E-state index contributed by atoms with van der Waals surface area (Å²) in [5.74, 6) is -0.839. The number of benzene rings is 2. The Morgan fingerprint density at radius 2 is 1.94 bits per heavy atom. The van der Waals surface area contributed by atoms with E-state index in [1.165, 1.54) is 0 Å². The molecule has 0 aliphatic carbocycles. The molecule has 1 N–H and O–H groups in total. The van der Waals surface area contributed by atoms with Gasteiger partial charge in [0.25, 0.3) is 0 Å². The van der Waals surface area contributed by atoms with Gasteiger partial charge in [0.05, 0.1) is 5.56 Å². The van der Waals surface area contributed by atoms with E-state index in [0.717, 1.165) is 29.2 Å². The molecule has 0 saturated heterocycles. The highest BCUT2D eigenvalue weighted by atomic mass is 16.4. The van der Waals surface area contributed by atoms with Crippen molar-refractivity contribution in [2.75, 3.05) is 0 Å². The monoisotopic (exact) mass is 214 g/mol. The molecule has 2 aromatic carbocycles. The molecule has 0 unspecified atom stereocenters. The maximum absolute atomic E-state index is 11.1. The van der Waals surface area contributed by atoms with Crippen molar-refractivity contribution in [1.82, 2.24) is 0 Å².